The van der Waals surface area contributed by atoms with Gasteiger partial charge in [-0.05, 0) is 30.5 Å². The van der Waals surface area contributed by atoms with Gasteiger partial charge in [0.05, 0.1) is 0 Å². The van der Waals surface area contributed by atoms with Crippen molar-refractivity contribution in [2.24, 2.45) is 5.73 Å². The van der Waals surface area contributed by atoms with Crippen molar-refractivity contribution in [3.8, 4) is 5.75 Å². The number of rotatable bonds is 5. The lowest BCUT2D eigenvalue weighted by atomic mass is 10.1. The molecule has 0 aliphatic heterocycles. The van der Waals surface area contributed by atoms with E-state index < -0.39 is 19.8 Å². The van der Waals surface area contributed by atoms with E-state index in [1.807, 2.05) is 0 Å². The van der Waals surface area contributed by atoms with Gasteiger partial charge in [-0.2, -0.15) is 0 Å². The maximum Gasteiger partial charge on any atom is 0.527 e. The number of phosphoric acid groups is 1. The quantitative estimate of drug-likeness (QED) is 0.568. The maximum absolute atomic E-state index is 11.2. The standard InChI is InChI=1S/C10H14NO6P/c11-9(10(13)17-18(14,15)16)6-3-7-1-4-8(12)5-2-7/h1-2,4-5,9,12H,3,6,11H2,(H2,14,15,16)/t9-/m0/s1. The first-order chi connectivity index (χ1) is 8.28. The molecule has 0 saturated carbocycles. The predicted molar refractivity (Wildman–Crippen MR) is 62.5 cm³/mol. The number of aryl methyl sites for hydroxylation is 1. The average molecular weight is 275 g/mol. The number of hydrogen-bond acceptors (Lipinski definition) is 5. The molecule has 1 atom stereocenters. The molecule has 0 aliphatic carbocycles. The van der Waals surface area contributed by atoms with E-state index in [-0.39, 0.29) is 12.2 Å². The Balaban J connectivity index is 2.46. The van der Waals surface area contributed by atoms with Crippen molar-refractivity contribution in [2.75, 3.05) is 0 Å². The number of hydrogen-bond donors (Lipinski definition) is 4. The molecule has 5 N–H and O–H groups in total. The first kappa shape index (κ1) is 14.7. The first-order valence-corrected chi connectivity index (χ1v) is 6.63. The first-order valence-electron chi connectivity index (χ1n) is 5.10. The molecule has 0 fully saturated rings. The highest BCUT2D eigenvalue weighted by atomic mass is 31.2. The SMILES string of the molecule is N[C@@H](CCc1ccc(O)cc1)C(=O)OP(=O)(O)O. The molecule has 1 aromatic carbocycles. The van der Waals surface area contributed by atoms with Crippen molar-refractivity contribution in [2.45, 2.75) is 18.9 Å². The molecule has 0 bridgehead atoms. The molecule has 7 nitrogen and oxygen atoms in total. The van der Waals surface area contributed by atoms with Crippen LogP contribution in [0.2, 0.25) is 0 Å². The number of nitrogens with two attached hydrogens (primary N) is 1. The van der Waals surface area contributed by atoms with Gasteiger partial charge in [0.25, 0.3) is 0 Å². The molecule has 1 rings (SSSR count). The van der Waals surface area contributed by atoms with E-state index in [4.69, 9.17) is 20.6 Å². The fourth-order valence-corrected chi connectivity index (χ4v) is 1.66. The van der Waals surface area contributed by atoms with Gasteiger partial charge in [-0.3, -0.25) is 9.79 Å². The second-order valence-electron chi connectivity index (χ2n) is 3.71. The zero-order chi connectivity index (χ0) is 13.8. The zero-order valence-electron chi connectivity index (χ0n) is 9.39. The Morgan fingerprint density at radius 1 is 1.33 bits per heavy atom. The van der Waals surface area contributed by atoms with Gasteiger partial charge in [-0.1, -0.05) is 12.1 Å². The highest BCUT2D eigenvalue weighted by molar-refractivity contribution is 7.46. The fourth-order valence-electron chi connectivity index (χ4n) is 1.29. The topological polar surface area (TPSA) is 130 Å². The number of carbonyl (C=O) groups excluding carboxylic acids is 1. The molecular weight excluding hydrogens is 261 g/mol. The van der Waals surface area contributed by atoms with E-state index in [0.717, 1.165) is 5.56 Å². The highest BCUT2D eigenvalue weighted by Crippen LogP contribution is 2.36. The summed E-state index contributed by atoms with van der Waals surface area (Å²) < 4.78 is 14.3. The molecule has 0 amide bonds. The molecule has 1 aromatic rings. The summed E-state index contributed by atoms with van der Waals surface area (Å²) in [6.07, 6.45) is 0.612. The number of aromatic hydroxyl groups is 1. The van der Waals surface area contributed by atoms with Crippen LogP contribution in [0.3, 0.4) is 0 Å². The summed E-state index contributed by atoms with van der Waals surface area (Å²) in [5.74, 6) is -1.01. The molecule has 18 heavy (non-hydrogen) atoms. The number of carbonyl (C=O) groups is 1. The highest BCUT2D eigenvalue weighted by Gasteiger charge is 2.24. The van der Waals surface area contributed by atoms with Crippen LogP contribution in [0.1, 0.15) is 12.0 Å². The van der Waals surface area contributed by atoms with Crippen LogP contribution < -0.4 is 5.73 Å². The van der Waals surface area contributed by atoms with E-state index in [1.54, 1.807) is 12.1 Å². The third kappa shape index (κ3) is 5.29. The van der Waals surface area contributed by atoms with Crippen LogP contribution in [0.5, 0.6) is 5.75 Å². The van der Waals surface area contributed by atoms with Crippen molar-refractivity contribution in [1.29, 1.82) is 0 Å². The van der Waals surface area contributed by atoms with E-state index in [9.17, 15) is 9.36 Å². The third-order valence-corrected chi connectivity index (χ3v) is 2.61. The van der Waals surface area contributed by atoms with Gasteiger partial charge >= 0.3 is 13.8 Å². The van der Waals surface area contributed by atoms with Crippen LogP contribution in [0, 0.1) is 0 Å². The van der Waals surface area contributed by atoms with Crippen LogP contribution in [-0.4, -0.2) is 26.9 Å². The molecule has 8 heteroatoms. The lowest BCUT2D eigenvalue weighted by molar-refractivity contribution is -0.137. The van der Waals surface area contributed by atoms with Gasteiger partial charge in [0.2, 0.25) is 0 Å². The van der Waals surface area contributed by atoms with Crippen molar-refractivity contribution in [3.05, 3.63) is 29.8 Å². The summed E-state index contributed by atoms with van der Waals surface area (Å²) >= 11 is 0. The fraction of sp³-hybridized carbons (Fsp3) is 0.300. The van der Waals surface area contributed by atoms with Crippen LogP contribution in [-0.2, 0) is 20.3 Å². The lowest BCUT2D eigenvalue weighted by Crippen LogP contribution is -2.32. The smallest absolute Gasteiger partial charge is 0.508 e. The minimum Gasteiger partial charge on any atom is -0.508 e. The largest absolute Gasteiger partial charge is 0.527 e. The van der Waals surface area contributed by atoms with Gasteiger partial charge in [-0.25, -0.2) is 9.36 Å². The van der Waals surface area contributed by atoms with Crippen molar-refractivity contribution < 1.29 is 28.8 Å². The third-order valence-electron chi connectivity index (χ3n) is 2.19. The zero-order valence-corrected chi connectivity index (χ0v) is 10.3. The van der Waals surface area contributed by atoms with E-state index in [1.165, 1.54) is 12.1 Å². The molecule has 0 aromatic heterocycles. The molecule has 0 spiro atoms. The summed E-state index contributed by atoms with van der Waals surface area (Å²) in [5, 5.41) is 9.06. The Bertz CT molecular complexity index is 454. The Morgan fingerprint density at radius 3 is 2.39 bits per heavy atom. The number of phenolic OH excluding ortho intramolecular Hbond substituents is 1. The van der Waals surface area contributed by atoms with Crippen LogP contribution in [0.25, 0.3) is 0 Å². The van der Waals surface area contributed by atoms with E-state index in [2.05, 4.69) is 4.52 Å². The number of phosphoric ester groups is 1. The van der Waals surface area contributed by atoms with Crippen LogP contribution in [0.15, 0.2) is 24.3 Å². The molecule has 0 unspecified atom stereocenters. The van der Waals surface area contributed by atoms with E-state index in [0.29, 0.717) is 6.42 Å². The predicted octanol–water partition coefficient (Wildman–Crippen LogP) is 0.288. The van der Waals surface area contributed by atoms with Crippen LogP contribution >= 0.6 is 7.82 Å². The lowest BCUT2D eigenvalue weighted by Gasteiger charge is -2.11. The number of phenols is 1. The van der Waals surface area contributed by atoms with Crippen molar-refractivity contribution >= 4 is 13.8 Å². The second-order valence-corrected chi connectivity index (χ2v) is 4.88. The van der Waals surface area contributed by atoms with E-state index >= 15 is 0 Å². The average Bonchev–Trinajstić information content (AvgIpc) is 2.25. The van der Waals surface area contributed by atoms with Gasteiger partial charge < -0.3 is 15.4 Å². The minimum atomic E-state index is -4.84. The summed E-state index contributed by atoms with van der Waals surface area (Å²) in [6.45, 7) is 0. The van der Waals surface area contributed by atoms with Gasteiger partial charge in [0.15, 0.2) is 0 Å². The maximum atomic E-state index is 11.2. The molecule has 0 saturated heterocycles. The van der Waals surface area contributed by atoms with Crippen molar-refractivity contribution in [3.63, 3.8) is 0 Å². The Morgan fingerprint density at radius 2 is 1.89 bits per heavy atom. The Hall–Kier alpha value is -1.40. The number of benzene rings is 1. The van der Waals surface area contributed by atoms with Gasteiger partial charge in [0, 0.05) is 0 Å². The second kappa shape index (κ2) is 5.97. The van der Waals surface area contributed by atoms with Gasteiger partial charge in [-0.15, -0.1) is 0 Å². The normalized spacial score (nSPS) is 13.1. The minimum absolute atomic E-state index is 0.129. The van der Waals surface area contributed by atoms with Crippen molar-refractivity contribution in [1.82, 2.24) is 0 Å². The van der Waals surface area contributed by atoms with Crippen LogP contribution in [0.4, 0.5) is 0 Å². The Kier molecular flexibility index (Phi) is 4.86. The summed E-state index contributed by atoms with van der Waals surface area (Å²) in [7, 11) is -4.84. The molecule has 0 aliphatic rings. The Labute approximate surface area is 103 Å². The molecule has 0 radical (unpaired) electrons. The molecular formula is C10H14NO6P. The monoisotopic (exact) mass is 275 g/mol. The molecule has 0 heterocycles. The summed E-state index contributed by atoms with van der Waals surface area (Å²) in [6, 6.07) is 5.21. The summed E-state index contributed by atoms with van der Waals surface area (Å²) in [4.78, 5) is 28.0. The molecule has 100 valence electrons. The summed E-state index contributed by atoms with van der Waals surface area (Å²) in [5.41, 5.74) is 6.27. The van der Waals surface area contributed by atoms with Gasteiger partial charge in [0.1, 0.15) is 11.8 Å².